The third kappa shape index (κ3) is 4.46. The number of ether oxygens (including phenoxy) is 1. The Morgan fingerprint density at radius 3 is 2.38 bits per heavy atom. The molecular formula is C23H29NO2. The van der Waals surface area contributed by atoms with Crippen molar-refractivity contribution in [2.75, 3.05) is 5.32 Å². The highest BCUT2D eigenvalue weighted by molar-refractivity contribution is 5.94. The lowest BCUT2D eigenvalue weighted by atomic mass is 9.92. The van der Waals surface area contributed by atoms with Crippen LogP contribution in [0.2, 0.25) is 0 Å². The van der Waals surface area contributed by atoms with Crippen LogP contribution in [-0.4, -0.2) is 12.0 Å². The van der Waals surface area contributed by atoms with Crippen LogP contribution in [0, 0.1) is 0 Å². The zero-order chi connectivity index (χ0) is 18.5. The monoisotopic (exact) mass is 351 g/mol. The molecule has 0 spiro atoms. The summed E-state index contributed by atoms with van der Waals surface area (Å²) in [5.74, 6) is 1.18. The highest BCUT2D eigenvalue weighted by Gasteiger charge is 2.19. The molecule has 0 aliphatic heterocycles. The summed E-state index contributed by atoms with van der Waals surface area (Å²) in [6.07, 6.45) is 4.91. The van der Waals surface area contributed by atoms with Crippen molar-refractivity contribution in [2.24, 2.45) is 0 Å². The summed E-state index contributed by atoms with van der Waals surface area (Å²) < 4.78 is 6.01. The van der Waals surface area contributed by atoms with E-state index in [2.05, 4.69) is 43.4 Å². The number of anilines is 1. The van der Waals surface area contributed by atoms with Gasteiger partial charge in [0.25, 0.3) is 5.91 Å². The van der Waals surface area contributed by atoms with Gasteiger partial charge >= 0.3 is 0 Å². The van der Waals surface area contributed by atoms with Crippen molar-refractivity contribution in [3.63, 3.8) is 0 Å². The van der Waals surface area contributed by atoms with Gasteiger partial charge in [-0.25, -0.2) is 0 Å². The molecule has 0 radical (unpaired) electrons. The first-order valence-electron chi connectivity index (χ1n) is 9.76. The molecule has 1 aliphatic rings. The van der Waals surface area contributed by atoms with Crippen molar-refractivity contribution in [2.45, 2.75) is 64.9 Å². The molecule has 0 heterocycles. The number of hydrogen-bond acceptors (Lipinski definition) is 2. The van der Waals surface area contributed by atoms with E-state index in [1.165, 1.54) is 29.5 Å². The molecule has 1 unspecified atom stereocenters. The molecule has 0 saturated heterocycles. The average Bonchev–Trinajstić information content (AvgIpc) is 2.66. The molecule has 2 aromatic rings. The van der Waals surface area contributed by atoms with E-state index in [1.54, 1.807) is 0 Å². The van der Waals surface area contributed by atoms with Gasteiger partial charge in [-0.3, -0.25) is 4.79 Å². The van der Waals surface area contributed by atoms with Crippen LogP contribution in [0.5, 0.6) is 5.75 Å². The fourth-order valence-electron chi connectivity index (χ4n) is 3.44. The first-order chi connectivity index (χ1) is 12.6. The second-order valence-corrected chi connectivity index (χ2v) is 7.42. The van der Waals surface area contributed by atoms with E-state index in [9.17, 15) is 4.79 Å². The quantitative estimate of drug-likeness (QED) is 0.748. The fourth-order valence-corrected chi connectivity index (χ4v) is 3.44. The normalized spacial score (nSPS) is 14.6. The van der Waals surface area contributed by atoms with Crippen molar-refractivity contribution in [1.82, 2.24) is 0 Å². The van der Waals surface area contributed by atoms with Gasteiger partial charge in [0.1, 0.15) is 5.75 Å². The number of carbonyl (C=O) groups is 1. The molecule has 0 bridgehead atoms. The van der Waals surface area contributed by atoms with Crippen molar-refractivity contribution in [1.29, 1.82) is 0 Å². The number of nitrogens with one attached hydrogen (secondary N) is 1. The van der Waals surface area contributed by atoms with Crippen LogP contribution in [0.15, 0.2) is 42.5 Å². The molecule has 1 aliphatic carbocycles. The molecule has 1 N–H and O–H groups in total. The summed E-state index contributed by atoms with van der Waals surface area (Å²) in [5.41, 5.74) is 4.87. The Morgan fingerprint density at radius 2 is 1.73 bits per heavy atom. The number of rotatable bonds is 6. The maximum absolute atomic E-state index is 12.6. The lowest BCUT2D eigenvalue weighted by Crippen LogP contribution is -2.32. The predicted molar refractivity (Wildman–Crippen MR) is 107 cm³/mol. The van der Waals surface area contributed by atoms with E-state index in [0.29, 0.717) is 12.3 Å². The Morgan fingerprint density at radius 1 is 1.04 bits per heavy atom. The third-order valence-corrected chi connectivity index (χ3v) is 5.11. The summed E-state index contributed by atoms with van der Waals surface area (Å²) >= 11 is 0. The van der Waals surface area contributed by atoms with Crippen molar-refractivity contribution < 1.29 is 9.53 Å². The van der Waals surface area contributed by atoms with Gasteiger partial charge in [0.05, 0.1) is 0 Å². The fraction of sp³-hybridized carbons (Fsp3) is 0.435. The minimum Gasteiger partial charge on any atom is -0.481 e. The van der Waals surface area contributed by atoms with E-state index >= 15 is 0 Å². The summed E-state index contributed by atoms with van der Waals surface area (Å²) in [7, 11) is 0. The standard InChI is InChI=1S/C23H29NO2/c1-4-22(23(25)24-20-12-9-17(10-13-20)16(2)3)26-21-14-11-18-7-5-6-8-19(18)15-21/h9-16,22H,4-8H2,1-3H3,(H,24,25). The number of fused-ring (bicyclic) bond motifs is 1. The summed E-state index contributed by atoms with van der Waals surface area (Å²) in [6.45, 7) is 6.30. The van der Waals surface area contributed by atoms with E-state index in [-0.39, 0.29) is 5.91 Å². The Balaban J connectivity index is 1.65. The second-order valence-electron chi connectivity index (χ2n) is 7.42. The number of amides is 1. The first kappa shape index (κ1) is 18.5. The van der Waals surface area contributed by atoms with Crippen LogP contribution in [0.4, 0.5) is 5.69 Å². The van der Waals surface area contributed by atoms with E-state index in [0.717, 1.165) is 24.3 Å². The summed E-state index contributed by atoms with van der Waals surface area (Å²) in [6, 6.07) is 14.3. The molecule has 138 valence electrons. The second kappa shape index (κ2) is 8.39. The first-order valence-corrected chi connectivity index (χ1v) is 9.76. The Bertz CT molecular complexity index is 749. The Kier molecular flexibility index (Phi) is 5.97. The van der Waals surface area contributed by atoms with Crippen LogP contribution in [0.25, 0.3) is 0 Å². The molecule has 3 rings (SSSR count). The van der Waals surface area contributed by atoms with Crippen molar-refractivity contribution >= 4 is 11.6 Å². The lowest BCUT2D eigenvalue weighted by Gasteiger charge is -2.20. The molecule has 0 saturated carbocycles. The number of aryl methyl sites for hydroxylation is 2. The number of hydrogen-bond donors (Lipinski definition) is 1. The van der Waals surface area contributed by atoms with Gasteiger partial charge < -0.3 is 10.1 Å². The molecule has 2 aromatic carbocycles. The SMILES string of the molecule is CCC(Oc1ccc2c(c1)CCCC2)C(=O)Nc1ccc(C(C)C)cc1. The zero-order valence-corrected chi connectivity index (χ0v) is 16.0. The molecule has 3 heteroatoms. The van der Waals surface area contributed by atoms with Gasteiger partial charge in [0, 0.05) is 5.69 Å². The van der Waals surface area contributed by atoms with E-state index in [1.807, 2.05) is 25.1 Å². The number of carbonyl (C=O) groups excluding carboxylic acids is 1. The van der Waals surface area contributed by atoms with Gasteiger partial charge in [0.15, 0.2) is 6.10 Å². The average molecular weight is 351 g/mol. The van der Waals surface area contributed by atoms with Gasteiger partial charge in [-0.15, -0.1) is 0 Å². The summed E-state index contributed by atoms with van der Waals surface area (Å²) in [4.78, 5) is 12.6. The smallest absolute Gasteiger partial charge is 0.265 e. The molecule has 0 aromatic heterocycles. The number of benzene rings is 2. The molecule has 26 heavy (non-hydrogen) atoms. The van der Waals surface area contributed by atoms with Crippen LogP contribution in [0.1, 0.15) is 62.6 Å². The van der Waals surface area contributed by atoms with E-state index < -0.39 is 6.10 Å². The van der Waals surface area contributed by atoms with Crippen LogP contribution in [0.3, 0.4) is 0 Å². The van der Waals surface area contributed by atoms with Gasteiger partial charge in [-0.1, -0.05) is 39.0 Å². The van der Waals surface area contributed by atoms with Crippen LogP contribution < -0.4 is 10.1 Å². The lowest BCUT2D eigenvalue weighted by molar-refractivity contribution is -0.122. The molecule has 0 fully saturated rings. The van der Waals surface area contributed by atoms with Crippen molar-refractivity contribution in [3.05, 3.63) is 59.2 Å². The van der Waals surface area contributed by atoms with Crippen LogP contribution in [-0.2, 0) is 17.6 Å². The van der Waals surface area contributed by atoms with Crippen molar-refractivity contribution in [3.8, 4) is 5.75 Å². The predicted octanol–water partition coefficient (Wildman–Crippen LogP) is 5.48. The zero-order valence-electron chi connectivity index (χ0n) is 16.0. The maximum Gasteiger partial charge on any atom is 0.265 e. The summed E-state index contributed by atoms with van der Waals surface area (Å²) in [5, 5.41) is 2.98. The maximum atomic E-state index is 12.6. The highest BCUT2D eigenvalue weighted by Crippen LogP contribution is 2.26. The molecule has 3 nitrogen and oxygen atoms in total. The molecule has 1 amide bonds. The molecule has 1 atom stereocenters. The minimum atomic E-state index is -0.485. The largest absolute Gasteiger partial charge is 0.481 e. The Hall–Kier alpha value is -2.29. The minimum absolute atomic E-state index is 0.0949. The van der Waals surface area contributed by atoms with Gasteiger partial charge in [-0.2, -0.15) is 0 Å². The van der Waals surface area contributed by atoms with Gasteiger partial charge in [0.2, 0.25) is 0 Å². The van der Waals surface area contributed by atoms with Crippen LogP contribution >= 0.6 is 0 Å². The van der Waals surface area contributed by atoms with E-state index in [4.69, 9.17) is 4.74 Å². The third-order valence-electron chi connectivity index (χ3n) is 5.11. The highest BCUT2D eigenvalue weighted by atomic mass is 16.5. The van der Waals surface area contributed by atoms with Gasteiger partial charge in [-0.05, 0) is 79.0 Å². The Labute approximate surface area is 156 Å². The molecular weight excluding hydrogens is 322 g/mol. The topological polar surface area (TPSA) is 38.3 Å².